The first-order chi connectivity index (χ1) is 10.0. The van der Waals surface area contributed by atoms with Crippen molar-refractivity contribution in [1.82, 2.24) is 10.2 Å². The highest BCUT2D eigenvalue weighted by atomic mass is 16.4. The molecule has 1 aliphatic heterocycles. The Bertz CT molecular complexity index is 525. The fourth-order valence-electron chi connectivity index (χ4n) is 2.52. The van der Waals surface area contributed by atoms with E-state index in [1.807, 2.05) is 0 Å². The Balaban J connectivity index is 1.89. The number of rotatable bonds is 4. The molecule has 116 valence electrons. The predicted molar refractivity (Wildman–Crippen MR) is 74.0 cm³/mol. The number of hydrogen-bond donors (Lipinski definition) is 3. The van der Waals surface area contributed by atoms with Crippen molar-refractivity contribution in [3.8, 4) is 0 Å². The van der Waals surface area contributed by atoms with Crippen LogP contribution in [0.15, 0.2) is 10.5 Å². The molecule has 0 aliphatic carbocycles. The molecule has 0 saturated carbocycles. The first-order valence-electron chi connectivity index (χ1n) is 6.97. The molecule has 0 bridgehead atoms. The summed E-state index contributed by atoms with van der Waals surface area (Å²) in [4.78, 5) is 24.6. The summed E-state index contributed by atoms with van der Waals surface area (Å²) in [6.45, 7) is 3.02. The molecule has 1 aromatic rings. The van der Waals surface area contributed by atoms with Gasteiger partial charge >= 0.3 is 12.0 Å². The van der Waals surface area contributed by atoms with Gasteiger partial charge in [-0.1, -0.05) is 0 Å². The van der Waals surface area contributed by atoms with Crippen LogP contribution < -0.4 is 5.32 Å². The highest BCUT2D eigenvalue weighted by Crippen LogP contribution is 2.17. The van der Waals surface area contributed by atoms with Crippen molar-refractivity contribution >= 4 is 12.0 Å². The normalized spacial score (nSPS) is 18.6. The SMILES string of the molecule is Cc1oc(CNC(=O)N2CCCC(CO)C2)cc1C(=O)O. The molecule has 1 aliphatic rings. The number of carboxylic acids is 1. The molecule has 21 heavy (non-hydrogen) atoms. The van der Waals surface area contributed by atoms with Crippen LogP contribution in [0.4, 0.5) is 4.79 Å². The lowest BCUT2D eigenvalue weighted by Crippen LogP contribution is -2.45. The highest BCUT2D eigenvalue weighted by molar-refractivity contribution is 5.88. The van der Waals surface area contributed by atoms with Gasteiger partial charge in [0.1, 0.15) is 17.1 Å². The predicted octanol–water partition coefficient (Wildman–Crippen LogP) is 1.20. The van der Waals surface area contributed by atoms with E-state index >= 15 is 0 Å². The number of carboxylic acid groups (broad SMARTS) is 1. The lowest BCUT2D eigenvalue weighted by Gasteiger charge is -2.31. The summed E-state index contributed by atoms with van der Waals surface area (Å²) in [5.74, 6) is -0.177. The number of carbonyl (C=O) groups is 2. The fraction of sp³-hybridized carbons (Fsp3) is 0.571. The summed E-state index contributed by atoms with van der Waals surface area (Å²) in [5, 5.41) is 20.8. The first kappa shape index (κ1) is 15.4. The average Bonchev–Trinajstić information content (AvgIpc) is 2.86. The number of hydrogen-bond acceptors (Lipinski definition) is 4. The van der Waals surface area contributed by atoms with E-state index in [4.69, 9.17) is 14.6 Å². The van der Waals surface area contributed by atoms with Gasteiger partial charge in [-0.2, -0.15) is 0 Å². The van der Waals surface area contributed by atoms with E-state index < -0.39 is 5.97 Å². The van der Waals surface area contributed by atoms with E-state index in [1.54, 1.807) is 11.8 Å². The van der Waals surface area contributed by atoms with Gasteiger partial charge in [0, 0.05) is 19.7 Å². The minimum atomic E-state index is -1.05. The summed E-state index contributed by atoms with van der Waals surface area (Å²) in [6, 6.07) is 1.20. The maximum absolute atomic E-state index is 12.0. The Morgan fingerprint density at radius 2 is 2.29 bits per heavy atom. The number of carbonyl (C=O) groups excluding carboxylic acids is 1. The molecule has 0 radical (unpaired) electrons. The zero-order valence-corrected chi connectivity index (χ0v) is 12.0. The number of amides is 2. The summed E-state index contributed by atoms with van der Waals surface area (Å²) < 4.78 is 5.30. The maximum atomic E-state index is 12.0. The number of furan rings is 1. The van der Waals surface area contributed by atoms with Crippen LogP contribution in [0.3, 0.4) is 0 Å². The first-order valence-corrected chi connectivity index (χ1v) is 6.97. The number of aryl methyl sites for hydroxylation is 1. The van der Waals surface area contributed by atoms with Crippen LogP contribution in [-0.2, 0) is 6.54 Å². The Hall–Kier alpha value is -2.02. The number of aliphatic hydroxyl groups excluding tert-OH is 1. The molecular formula is C14H20N2O5. The Morgan fingerprint density at radius 1 is 1.52 bits per heavy atom. The van der Waals surface area contributed by atoms with Crippen molar-refractivity contribution in [2.24, 2.45) is 5.92 Å². The average molecular weight is 296 g/mol. The molecule has 2 heterocycles. The van der Waals surface area contributed by atoms with Gasteiger partial charge in [0.2, 0.25) is 0 Å². The minimum absolute atomic E-state index is 0.0864. The molecule has 7 heteroatoms. The Kier molecular flexibility index (Phi) is 4.85. The van der Waals surface area contributed by atoms with Crippen LogP contribution in [-0.4, -0.2) is 46.8 Å². The van der Waals surface area contributed by atoms with E-state index in [0.29, 0.717) is 24.6 Å². The number of urea groups is 1. The molecule has 2 amide bonds. The van der Waals surface area contributed by atoms with Gasteiger partial charge in [-0.3, -0.25) is 0 Å². The van der Waals surface area contributed by atoms with Gasteiger partial charge < -0.3 is 24.8 Å². The van der Waals surface area contributed by atoms with Crippen molar-refractivity contribution in [2.45, 2.75) is 26.3 Å². The van der Waals surface area contributed by atoms with E-state index in [1.165, 1.54) is 6.07 Å². The van der Waals surface area contributed by atoms with Gasteiger partial charge in [-0.25, -0.2) is 9.59 Å². The number of nitrogens with one attached hydrogen (secondary N) is 1. The number of aromatic carboxylic acids is 1. The number of aliphatic hydroxyl groups is 1. The zero-order chi connectivity index (χ0) is 15.4. The molecule has 1 unspecified atom stereocenters. The fourth-order valence-corrected chi connectivity index (χ4v) is 2.52. The monoisotopic (exact) mass is 296 g/mol. The van der Waals surface area contributed by atoms with E-state index in [2.05, 4.69) is 5.32 Å². The van der Waals surface area contributed by atoms with Gasteiger partial charge in [-0.15, -0.1) is 0 Å². The number of piperidine rings is 1. The number of likely N-dealkylation sites (tertiary alicyclic amines) is 1. The van der Waals surface area contributed by atoms with Crippen molar-refractivity contribution in [2.75, 3.05) is 19.7 Å². The standard InChI is InChI=1S/C14H20N2O5/c1-9-12(13(18)19)5-11(21-9)6-15-14(20)16-4-2-3-10(7-16)8-17/h5,10,17H,2-4,6-8H2,1H3,(H,15,20)(H,18,19). The highest BCUT2D eigenvalue weighted by Gasteiger charge is 2.23. The zero-order valence-electron chi connectivity index (χ0n) is 12.0. The summed E-state index contributed by atoms with van der Waals surface area (Å²) in [6.07, 6.45) is 1.81. The smallest absolute Gasteiger partial charge is 0.339 e. The quantitative estimate of drug-likeness (QED) is 0.774. The molecule has 2 rings (SSSR count). The third-order valence-electron chi connectivity index (χ3n) is 3.68. The summed E-state index contributed by atoms with van der Waals surface area (Å²) in [7, 11) is 0. The van der Waals surface area contributed by atoms with Crippen molar-refractivity contribution in [3.63, 3.8) is 0 Å². The van der Waals surface area contributed by atoms with Crippen molar-refractivity contribution in [1.29, 1.82) is 0 Å². The summed E-state index contributed by atoms with van der Waals surface area (Å²) >= 11 is 0. The van der Waals surface area contributed by atoms with Crippen molar-refractivity contribution < 1.29 is 24.2 Å². The van der Waals surface area contributed by atoms with Crippen LogP contribution in [0.1, 0.15) is 34.7 Å². The second-order valence-corrected chi connectivity index (χ2v) is 5.28. The molecule has 1 aromatic heterocycles. The van der Waals surface area contributed by atoms with Crippen LogP contribution in [0.2, 0.25) is 0 Å². The van der Waals surface area contributed by atoms with Gasteiger partial charge in [0.25, 0.3) is 0 Å². The minimum Gasteiger partial charge on any atom is -0.478 e. The molecule has 7 nitrogen and oxygen atoms in total. The van der Waals surface area contributed by atoms with Crippen molar-refractivity contribution in [3.05, 3.63) is 23.2 Å². The molecular weight excluding hydrogens is 276 g/mol. The molecule has 1 fully saturated rings. The van der Waals surface area contributed by atoms with E-state index in [-0.39, 0.29) is 30.7 Å². The molecule has 0 aromatic carbocycles. The third kappa shape index (κ3) is 3.75. The molecule has 1 saturated heterocycles. The second-order valence-electron chi connectivity index (χ2n) is 5.28. The molecule has 0 spiro atoms. The Labute approximate surface area is 122 Å². The largest absolute Gasteiger partial charge is 0.478 e. The van der Waals surface area contributed by atoms with Crippen LogP contribution in [0, 0.1) is 12.8 Å². The lowest BCUT2D eigenvalue weighted by atomic mass is 9.99. The van der Waals surface area contributed by atoms with Gasteiger partial charge in [0.15, 0.2) is 0 Å². The Morgan fingerprint density at radius 3 is 2.90 bits per heavy atom. The lowest BCUT2D eigenvalue weighted by molar-refractivity contribution is 0.0695. The number of nitrogens with zero attached hydrogens (tertiary/aromatic N) is 1. The van der Waals surface area contributed by atoms with E-state index in [9.17, 15) is 9.59 Å². The molecule has 3 N–H and O–H groups in total. The topological polar surface area (TPSA) is 103 Å². The second kappa shape index (κ2) is 6.62. The van der Waals surface area contributed by atoms with Crippen LogP contribution in [0.25, 0.3) is 0 Å². The summed E-state index contributed by atoms with van der Waals surface area (Å²) in [5.41, 5.74) is 0.109. The maximum Gasteiger partial charge on any atom is 0.339 e. The van der Waals surface area contributed by atoms with E-state index in [0.717, 1.165) is 12.8 Å². The van der Waals surface area contributed by atoms with Crippen LogP contribution in [0.5, 0.6) is 0 Å². The van der Waals surface area contributed by atoms with Crippen LogP contribution >= 0.6 is 0 Å². The van der Waals surface area contributed by atoms with Gasteiger partial charge in [0.05, 0.1) is 6.54 Å². The molecule has 1 atom stereocenters. The van der Waals surface area contributed by atoms with Gasteiger partial charge in [-0.05, 0) is 31.7 Å². The third-order valence-corrected chi connectivity index (χ3v) is 3.68.